The summed E-state index contributed by atoms with van der Waals surface area (Å²) in [5.74, 6) is -2.66. The zero-order valence-electron chi connectivity index (χ0n) is 16.5. The van der Waals surface area contributed by atoms with Crippen molar-refractivity contribution in [3.05, 3.63) is 82.5 Å². The van der Waals surface area contributed by atoms with Gasteiger partial charge in [0.25, 0.3) is 5.91 Å². The minimum absolute atomic E-state index is 0.163. The zero-order chi connectivity index (χ0) is 21.7. The lowest BCUT2D eigenvalue weighted by Crippen LogP contribution is -2.48. The van der Waals surface area contributed by atoms with Gasteiger partial charge in [-0.15, -0.1) is 0 Å². The number of amides is 2. The number of benzene rings is 2. The molecule has 2 atom stereocenters. The van der Waals surface area contributed by atoms with Gasteiger partial charge in [0.15, 0.2) is 0 Å². The molecule has 0 aromatic heterocycles. The minimum atomic E-state index is -1.09. The summed E-state index contributed by atoms with van der Waals surface area (Å²) >= 11 is 6.27. The number of ketones is 1. The van der Waals surface area contributed by atoms with E-state index in [0.29, 0.717) is 17.0 Å². The SMILES string of the molecule is CC1=NC=C(C(=O)NC(Cc2ccccc2)C(=O)C(N)=O)C1Cc1ccccc1Cl. The van der Waals surface area contributed by atoms with E-state index in [4.69, 9.17) is 17.3 Å². The smallest absolute Gasteiger partial charge is 0.287 e. The second-order valence-corrected chi connectivity index (χ2v) is 7.55. The number of Topliss-reactive ketones (excluding diaryl/α,β-unsaturated/α-hetero) is 1. The lowest BCUT2D eigenvalue weighted by atomic mass is 9.89. The lowest BCUT2D eigenvalue weighted by Gasteiger charge is -2.20. The summed E-state index contributed by atoms with van der Waals surface area (Å²) in [5, 5.41) is 3.29. The molecule has 2 aromatic rings. The van der Waals surface area contributed by atoms with Gasteiger partial charge in [-0.25, -0.2) is 0 Å². The number of nitrogens with zero attached hydrogens (tertiary/aromatic N) is 1. The molecular weight excluding hydrogens is 402 g/mol. The van der Waals surface area contributed by atoms with Crippen LogP contribution in [0.2, 0.25) is 5.02 Å². The third-order valence-electron chi connectivity index (χ3n) is 5.08. The average molecular weight is 424 g/mol. The number of hydrogen-bond acceptors (Lipinski definition) is 4. The Hall–Kier alpha value is -3.25. The van der Waals surface area contributed by atoms with E-state index in [1.165, 1.54) is 6.20 Å². The fourth-order valence-electron chi connectivity index (χ4n) is 3.41. The number of aliphatic imine (C=N–C) groups is 1. The van der Waals surface area contributed by atoms with Crippen LogP contribution < -0.4 is 11.1 Å². The van der Waals surface area contributed by atoms with E-state index in [1.54, 1.807) is 6.07 Å². The van der Waals surface area contributed by atoms with Gasteiger partial charge >= 0.3 is 0 Å². The normalized spacial score (nSPS) is 16.4. The monoisotopic (exact) mass is 423 g/mol. The van der Waals surface area contributed by atoms with Crippen molar-refractivity contribution in [2.75, 3.05) is 0 Å². The topological polar surface area (TPSA) is 102 Å². The summed E-state index contributed by atoms with van der Waals surface area (Å²) in [6.45, 7) is 1.84. The third kappa shape index (κ3) is 5.02. The van der Waals surface area contributed by atoms with Crippen LogP contribution in [0.15, 0.2) is 71.4 Å². The highest BCUT2D eigenvalue weighted by Crippen LogP contribution is 2.27. The van der Waals surface area contributed by atoms with Crippen LogP contribution in [0, 0.1) is 5.92 Å². The number of carbonyl (C=O) groups excluding carboxylic acids is 3. The summed E-state index contributed by atoms with van der Waals surface area (Å²) in [7, 11) is 0. The molecule has 0 saturated heterocycles. The van der Waals surface area contributed by atoms with E-state index in [2.05, 4.69) is 10.3 Å². The maximum Gasteiger partial charge on any atom is 0.287 e. The highest BCUT2D eigenvalue weighted by molar-refractivity contribution is 6.38. The predicted molar refractivity (Wildman–Crippen MR) is 116 cm³/mol. The van der Waals surface area contributed by atoms with Crippen LogP contribution in [-0.2, 0) is 27.2 Å². The molecule has 0 fully saturated rings. The first kappa shape index (κ1) is 21.5. The van der Waals surface area contributed by atoms with Crippen LogP contribution in [0.25, 0.3) is 0 Å². The Morgan fingerprint density at radius 1 is 1.10 bits per heavy atom. The van der Waals surface area contributed by atoms with Crippen molar-refractivity contribution in [2.24, 2.45) is 16.6 Å². The summed E-state index contributed by atoms with van der Waals surface area (Å²) in [4.78, 5) is 41.1. The molecule has 0 radical (unpaired) electrons. The van der Waals surface area contributed by atoms with E-state index in [0.717, 1.165) is 16.8 Å². The van der Waals surface area contributed by atoms with Crippen molar-refractivity contribution in [1.29, 1.82) is 0 Å². The molecule has 6 nitrogen and oxygen atoms in total. The van der Waals surface area contributed by atoms with E-state index < -0.39 is 23.6 Å². The molecule has 3 N–H and O–H groups in total. The second-order valence-electron chi connectivity index (χ2n) is 7.15. The van der Waals surface area contributed by atoms with Crippen molar-refractivity contribution in [3.8, 4) is 0 Å². The number of halogens is 1. The van der Waals surface area contributed by atoms with Crippen molar-refractivity contribution >= 4 is 34.9 Å². The molecule has 0 spiro atoms. The number of carbonyl (C=O) groups is 3. The molecule has 2 unspecified atom stereocenters. The van der Waals surface area contributed by atoms with E-state index >= 15 is 0 Å². The Morgan fingerprint density at radius 3 is 2.43 bits per heavy atom. The molecule has 0 aliphatic carbocycles. The maximum absolute atomic E-state index is 13.0. The first-order valence-electron chi connectivity index (χ1n) is 9.53. The second kappa shape index (κ2) is 9.50. The van der Waals surface area contributed by atoms with Crippen molar-refractivity contribution in [2.45, 2.75) is 25.8 Å². The van der Waals surface area contributed by atoms with E-state index in [9.17, 15) is 14.4 Å². The predicted octanol–water partition coefficient (Wildman–Crippen LogP) is 2.64. The summed E-state index contributed by atoms with van der Waals surface area (Å²) in [6, 6.07) is 15.5. The molecule has 0 bridgehead atoms. The van der Waals surface area contributed by atoms with E-state index in [-0.39, 0.29) is 12.3 Å². The number of hydrogen-bond donors (Lipinski definition) is 2. The van der Waals surface area contributed by atoms with Crippen LogP contribution in [-0.4, -0.2) is 29.4 Å². The Morgan fingerprint density at radius 2 is 1.77 bits per heavy atom. The van der Waals surface area contributed by atoms with Gasteiger partial charge in [0.2, 0.25) is 11.7 Å². The van der Waals surface area contributed by atoms with Gasteiger partial charge in [-0.2, -0.15) is 0 Å². The van der Waals surface area contributed by atoms with Crippen molar-refractivity contribution in [3.63, 3.8) is 0 Å². The van der Waals surface area contributed by atoms with Crippen LogP contribution in [0.1, 0.15) is 18.1 Å². The summed E-state index contributed by atoms with van der Waals surface area (Å²) < 4.78 is 0. The minimum Gasteiger partial charge on any atom is -0.363 e. The molecule has 30 heavy (non-hydrogen) atoms. The van der Waals surface area contributed by atoms with Crippen LogP contribution in [0.5, 0.6) is 0 Å². The highest BCUT2D eigenvalue weighted by Gasteiger charge is 2.32. The Labute approximate surface area is 179 Å². The van der Waals surface area contributed by atoms with Gasteiger partial charge in [-0.1, -0.05) is 60.1 Å². The molecule has 2 aromatic carbocycles. The molecule has 2 amide bonds. The van der Waals surface area contributed by atoms with Gasteiger partial charge in [0.1, 0.15) is 6.04 Å². The number of rotatable bonds is 8. The van der Waals surface area contributed by atoms with Gasteiger partial charge in [0, 0.05) is 34.8 Å². The fraction of sp³-hybridized carbons (Fsp3) is 0.217. The first-order chi connectivity index (χ1) is 14.4. The summed E-state index contributed by atoms with van der Waals surface area (Å²) in [6.07, 6.45) is 2.17. The molecule has 3 rings (SSSR count). The number of nitrogens with one attached hydrogen (secondary N) is 1. The van der Waals surface area contributed by atoms with Crippen molar-refractivity contribution < 1.29 is 14.4 Å². The quantitative estimate of drug-likeness (QED) is 0.638. The fourth-order valence-corrected chi connectivity index (χ4v) is 3.62. The largest absolute Gasteiger partial charge is 0.363 e. The molecule has 1 aliphatic rings. The highest BCUT2D eigenvalue weighted by atomic mass is 35.5. The first-order valence-corrected chi connectivity index (χ1v) is 9.90. The molecule has 1 heterocycles. The van der Waals surface area contributed by atoms with E-state index in [1.807, 2.05) is 55.5 Å². The van der Waals surface area contributed by atoms with Gasteiger partial charge in [0.05, 0.1) is 0 Å². The van der Waals surface area contributed by atoms with Crippen LogP contribution in [0.3, 0.4) is 0 Å². The van der Waals surface area contributed by atoms with Crippen LogP contribution >= 0.6 is 11.6 Å². The third-order valence-corrected chi connectivity index (χ3v) is 5.45. The molecule has 154 valence electrons. The zero-order valence-corrected chi connectivity index (χ0v) is 17.2. The number of nitrogens with two attached hydrogens (primary N) is 1. The van der Waals surface area contributed by atoms with Gasteiger partial charge in [-0.05, 0) is 30.5 Å². The Kier molecular flexibility index (Phi) is 6.79. The molecular formula is C23H22ClN3O3. The molecule has 0 saturated carbocycles. The summed E-state index contributed by atoms with van der Waals surface area (Å²) in [5.41, 5.74) is 8.09. The van der Waals surface area contributed by atoms with Gasteiger partial charge in [-0.3, -0.25) is 19.4 Å². The maximum atomic E-state index is 13.0. The number of primary amides is 1. The van der Waals surface area contributed by atoms with Crippen molar-refractivity contribution in [1.82, 2.24) is 5.32 Å². The molecule has 7 heteroatoms. The Bertz CT molecular complexity index is 1030. The lowest BCUT2D eigenvalue weighted by molar-refractivity contribution is -0.138. The van der Waals surface area contributed by atoms with Gasteiger partial charge < -0.3 is 11.1 Å². The standard InChI is InChI=1S/C23H22ClN3O3/c1-14-17(12-16-9-5-6-10-19(16)24)18(13-26-14)23(30)27-20(21(28)22(25)29)11-15-7-3-2-4-8-15/h2-10,13,17,20H,11-12H2,1H3,(H2,25,29)(H,27,30). The molecule has 1 aliphatic heterocycles. The van der Waals surface area contributed by atoms with Crippen LogP contribution in [0.4, 0.5) is 0 Å². The average Bonchev–Trinajstić information content (AvgIpc) is 3.09. The Balaban J connectivity index is 1.78.